The highest BCUT2D eigenvalue weighted by Crippen LogP contribution is 2.37. The van der Waals surface area contributed by atoms with Crippen LogP contribution in [0.1, 0.15) is 0 Å². The van der Waals surface area contributed by atoms with E-state index in [1.54, 1.807) is 26.2 Å². The van der Waals surface area contributed by atoms with E-state index in [-0.39, 0.29) is 12.5 Å². The molecule has 0 spiro atoms. The third-order valence-corrected chi connectivity index (χ3v) is 2.87. The fourth-order valence-electron chi connectivity index (χ4n) is 1.53. The van der Waals surface area contributed by atoms with Crippen LogP contribution >= 0.6 is 11.6 Å². The Morgan fingerprint density at radius 2 is 1.94 bits per heavy atom. The Kier molecular flexibility index (Phi) is 3.81. The molecule has 1 amide bonds. The third kappa shape index (κ3) is 2.79. The first kappa shape index (κ1) is 12.8. The number of rotatable bonds is 3. The molecule has 0 aliphatic carbocycles. The van der Waals surface area contributed by atoms with Gasteiger partial charge in [-0.3, -0.25) is 4.79 Å². The largest absolute Gasteiger partial charge is 0.486 e. The van der Waals surface area contributed by atoms with Crippen molar-refractivity contribution < 1.29 is 14.3 Å². The van der Waals surface area contributed by atoms with E-state index in [0.717, 1.165) is 0 Å². The fourth-order valence-corrected chi connectivity index (χ4v) is 1.75. The standard InChI is InChI=1S/C12H15ClN2O3/c1-15(2)12(16)7-14-9-6-11-10(5-8(9)13)17-3-4-18-11/h5-6,14H,3-4,7H2,1-2H3. The van der Waals surface area contributed by atoms with E-state index in [9.17, 15) is 4.79 Å². The number of carbonyl (C=O) groups excluding carboxylic acids is 1. The van der Waals surface area contributed by atoms with Gasteiger partial charge < -0.3 is 19.7 Å². The van der Waals surface area contributed by atoms with Crippen molar-refractivity contribution in [3.05, 3.63) is 17.2 Å². The summed E-state index contributed by atoms with van der Waals surface area (Å²) < 4.78 is 10.9. The average molecular weight is 271 g/mol. The van der Waals surface area contributed by atoms with Crippen LogP contribution < -0.4 is 14.8 Å². The summed E-state index contributed by atoms with van der Waals surface area (Å²) in [6, 6.07) is 3.44. The second kappa shape index (κ2) is 5.35. The molecule has 18 heavy (non-hydrogen) atoms. The molecule has 5 nitrogen and oxygen atoms in total. The summed E-state index contributed by atoms with van der Waals surface area (Å²) in [6.45, 7) is 1.23. The van der Waals surface area contributed by atoms with Crippen molar-refractivity contribution in [1.82, 2.24) is 4.90 Å². The van der Waals surface area contributed by atoms with Crippen LogP contribution in [0.3, 0.4) is 0 Å². The smallest absolute Gasteiger partial charge is 0.241 e. The molecule has 0 unspecified atom stereocenters. The van der Waals surface area contributed by atoms with Gasteiger partial charge in [-0.2, -0.15) is 0 Å². The quantitative estimate of drug-likeness (QED) is 0.907. The van der Waals surface area contributed by atoms with E-state index in [1.165, 1.54) is 4.90 Å². The predicted octanol–water partition coefficient (Wildman–Crippen LogP) is 1.61. The number of carbonyl (C=O) groups is 1. The first-order valence-electron chi connectivity index (χ1n) is 5.61. The summed E-state index contributed by atoms with van der Waals surface area (Å²) in [7, 11) is 3.41. The Morgan fingerprint density at radius 1 is 1.33 bits per heavy atom. The number of benzene rings is 1. The van der Waals surface area contributed by atoms with E-state index in [2.05, 4.69) is 5.32 Å². The summed E-state index contributed by atoms with van der Waals surface area (Å²) >= 11 is 6.10. The molecule has 1 aliphatic rings. The van der Waals surface area contributed by atoms with Gasteiger partial charge in [-0.15, -0.1) is 0 Å². The van der Waals surface area contributed by atoms with Crippen LogP contribution in [0.15, 0.2) is 12.1 Å². The van der Waals surface area contributed by atoms with Gasteiger partial charge in [-0.1, -0.05) is 11.6 Å². The molecule has 0 saturated heterocycles. The molecule has 0 fully saturated rings. The van der Waals surface area contributed by atoms with E-state index >= 15 is 0 Å². The number of anilines is 1. The molecule has 1 aliphatic heterocycles. The topological polar surface area (TPSA) is 50.8 Å². The first-order valence-corrected chi connectivity index (χ1v) is 5.99. The van der Waals surface area contributed by atoms with Gasteiger partial charge in [-0.05, 0) is 0 Å². The highest BCUT2D eigenvalue weighted by Gasteiger charge is 2.15. The number of halogens is 1. The first-order chi connectivity index (χ1) is 8.58. The summed E-state index contributed by atoms with van der Waals surface area (Å²) in [4.78, 5) is 13.0. The molecule has 1 heterocycles. The van der Waals surface area contributed by atoms with Gasteiger partial charge in [0.05, 0.1) is 17.3 Å². The molecule has 0 aromatic heterocycles. The Hall–Kier alpha value is -1.62. The van der Waals surface area contributed by atoms with Crippen LogP contribution in [0, 0.1) is 0 Å². The second-order valence-corrected chi connectivity index (χ2v) is 4.52. The van der Waals surface area contributed by atoms with Crippen LogP contribution in [-0.4, -0.2) is 44.7 Å². The third-order valence-electron chi connectivity index (χ3n) is 2.56. The van der Waals surface area contributed by atoms with Crippen molar-refractivity contribution in [3.63, 3.8) is 0 Å². The summed E-state index contributed by atoms with van der Waals surface area (Å²) in [6.07, 6.45) is 0. The molecule has 1 aromatic rings. The second-order valence-electron chi connectivity index (χ2n) is 4.12. The summed E-state index contributed by atoms with van der Waals surface area (Å²) in [5.41, 5.74) is 0.663. The molecule has 1 aromatic carbocycles. The Labute approximate surface area is 111 Å². The molecule has 6 heteroatoms. The lowest BCUT2D eigenvalue weighted by molar-refractivity contribution is -0.126. The highest BCUT2D eigenvalue weighted by atomic mass is 35.5. The van der Waals surface area contributed by atoms with E-state index < -0.39 is 0 Å². The highest BCUT2D eigenvalue weighted by molar-refractivity contribution is 6.33. The molecule has 1 N–H and O–H groups in total. The molecule has 2 rings (SSSR count). The number of nitrogens with zero attached hydrogens (tertiary/aromatic N) is 1. The van der Waals surface area contributed by atoms with Crippen molar-refractivity contribution >= 4 is 23.2 Å². The summed E-state index contributed by atoms with van der Waals surface area (Å²) in [5, 5.41) is 3.49. The lowest BCUT2D eigenvalue weighted by Crippen LogP contribution is -2.28. The predicted molar refractivity (Wildman–Crippen MR) is 69.6 cm³/mol. The van der Waals surface area contributed by atoms with Gasteiger partial charge in [0.15, 0.2) is 11.5 Å². The van der Waals surface area contributed by atoms with E-state index in [0.29, 0.717) is 35.4 Å². The van der Waals surface area contributed by atoms with Crippen molar-refractivity contribution in [2.45, 2.75) is 0 Å². The van der Waals surface area contributed by atoms with Crippen LogP contribution in [0.5, 0.6) is 11.5 Å². The molecular formula is C12H15ClN2O3. The van der Waals surface area contributed by atoms with Gasteiger partial charge >= 0.3 is 0 Å². The van der Waals surface area contributed by atoms with E-state index in [4.69, 9.17) is 21.1 Å². The van der Waals surface area contributed by atoms with Crippen LogP contribution in [0.25, 0.3) is 0 Å². The number of hydrogen-bond acceptors (Lipinski definition) is 4. The minimum atomic E-state index is -0.0269. The number of likely N-dealkylation sites (N-methyl/N-ethyl adjacent to an activating group) is 1. The normalized spacial score (nSPS) is 13.1. The van der Waals surface area contributed by atoms with Crippen LogP contribution in [0.2, 0.25) is 5.02 Å². The van der Waals surface area contributed by atoms with Crippen molar-refractivity contribution in [3.8, 4) is 11.5 Å². The van der Waals surface area contributed by atoms with Gasteiger partial charge in [0, 0.05) is 26.2 Å². The molecule has 0 bridgehead atoms. The van der Waals surface area contributed by atoms with Gasteiger partial charge in [0.25, 0.3) is 0 Å². The molecular weight excluding hydrogens is 256 g/mol. The van der Waals surface area contributed by atoms with Gasteiger partial charge in [0.1, 0.15) is 13.2 Å². The zero-order chi connectivity index (χ0) is 13.1. The Bertz CT molecular complexity index is 463. The number of fused-ring (bicyclic) bond motifs is 1. The van der Waals surface area contributed by atoms with Crippen molar-refractivity contribution in [2.75, 3.05) is 39.2 Å². The minimum Gasteiger partial charge on any atom is -0.486 e. The average Bonchev–Trinajstić information content (AvgIpc) is 2.35. The maximum Gasteiger partial charge on any atom is 0.241 e. The van der Waals surface area contributed by atoms with Crippen molar-refractivity contribution in [1.29, 1.82) is 0 Å². The van der Waals surface area contributed by atoms with Crippen LogP contribution in [-0.2, 0) is 4.79 Å². The van der Waals surface area contributed by atoms with Gasteiger partial charge in [-0.25, -0.2) is 0 Å². The molecule has 0 atom stereocenters. The summed E-state index contributed by atoms with van der Waals surface area (Å²) in [5.74, 6) is 1.25. The van der Waals surface area contributed by atoms with Gasteiger partial charge in [0.2, 0.25) is 5.91 Å². The monoisotopic (exact) mass is 270 g/mol. The molecule has 98 valence electrons. The number of ether oxygens (including phenoxy) is 2. The van der Waals surface area contributed by atoms with Crippen LogP contribution in [0.4, 0.5) is 5.69 Å². The SMILES string of the molecule is CN(C)C(=O)CNc1cc2c(cc1Cl)OCCO2. The van der Waals surface area contributed by atoms with E-state index in [1.807, 2.05) is 0 Å². The number of hydrogen-bond donors (Lipinski definition) is 1. The minimum absolute atomic E-state index is 0.0269. The van der Waals surface area contributed by atoms with Crippen molar-refractivity contribution in [2.24, 2.45) is 0 Å². The Balaban J connectivity index is 2.11. The fraction of sp³-hybridized carbons (Fsp3) is 0.417. The number of nitrogens with one attached hydrogen (secondary N) is 1. The zero-order valence-electron chi connectivity index (χ0n) is 10.3. The number of amides is 1. The lowest BCUT2D eigenvalue weighted by atomic mass is 10.2. The lowest BCUT2D eigenvalue weighted by Gasteiger charge is -2.20. The maximum absolute atomic E-state index is 11.5. The molecule has 0 saturated carbocycles. The molecule has 0 radical (unpaired) electrons. The zero-order valence-corrected chi connectivity index (χ0v) is 11.1. The Morgan fingerprint density at radius 3 is 2.56 bits per heavy atom. The maximum atomic E-state index is 11.5.